The van der Waals surface area contributed by atoms with Gasteiger partial charge in [-0.2, -0.15) is 0 Å². The SMILES string of the molecule is COc1ccc(-c2nc3ccc4cc5ccccc5cc4c3c3c2CCC3)cc1. The molecule has 0 radical (unpaired) electrons. The van der Waals surface area contributed by atoms with Gasteiger partial charge >= 0.3 is 0 Å². The van der Waals surface area contributed by atoms with E-state index < -0.39 is 0 Å². The molecule has 1 heterocycles. The molecule has 6 rings (SSSR count). The second kappa shape index (κ2) is 6.31. The van der Waals surface area contributed by atoms with E-state index >= 15 is 0 Å². The Morgan fingerprint density at radius 2 is 1.52 bits per heavy atom. The minimum absolute atomic E-state index is 0.879. The van der Waals surface area contributed by atoms with E-state index in [1.165, 1.54) is 50.0 Å². The quantitative estimate of drug-likeness (QED) is 0.253. The third kappa shape index (κ3) is 2.52. The van der Waals surface area contributed by atoms with Crippen LogP contribution in [0.1, 0.15) is 17.5 Å². The highest BCUT2D eigenvalue weighted by Gasteiger charge is 2.22. The van der Waals surface area contributed by atoms with Gasteiger partial charge in [0.2, 0.25) is 0 Å². The summed E-state index contributed by atoms with van der Waals surface area (Å²) in [5.41, 5.74) is 6.31. The maximum atomic E-state index is 5.33. The lowest BCUT2D eigenvalue weighted by Crippen LogP contribution is -1.96. The molecule has 4 aromatic carbocycles. The molecule has 0 unspecified atom stereocenters. The standard InChI is InChI=1S/C27H21NO/c1-29-21-12-9-17(10-13-21)27-23-8-4-7-22(23)26-24-16-19-6-3-2-5-18(19)15-20(24)11-14-25(26)28-27/h2-3,5-6,9-16H,4,7-8H2,1H3. The summed E-state index contributed by atoms with van der Waals surface area (Å²) in [7, 11) is 1.70. The summed E-state index contributed by atoms with van der Waals surface area (Å²) in [4.78, 5) is 5.16. The van der Waals surface area contributed by atoms with Crippen LogP contribution in [0.2, 0.25) is 0 Å². The Morgan fingerprint density at radius 3 is 2.31 bits per heavy atom. The molecule has 0 aliphatic heterocycles. The molecule has 1 aliphatic rings. The van der Waals surface area contributed by atoms with Crippen LogP contribution in [0.15, 0.2) is 72.8 Å². The van der Waals surface area contributed by atoms with E-state index in [2.05, 4.69) is 60.7 Å². The predicted octanol–water partition coefficient (Wildman–Crippen LogP) is 6.71. The van der Waals surface area contributed by atoms with Crippen molar-refractivity contribution in [1.29, 1.82) is 0 Å². The fourth-order valence-electron chi connectivity index (χ4n) is 4.87. The molecule has 140 valence electrons. The number of fused-ring (bicyclic) bond motifs is 6. The van der Waals surface area contributed by atoms with Gasteiger partial charge in [0.15, 0.2) is 0 Å². The Kier molecular flexibility index (Phi) is 3.60. The number of hydrogen-bond donors (Lipinski definition) is 0. The zero-order valence-electron chi connectivity index (χ0n) is 16.4. The summed E-state index contributed by atoms with van der Waals surface area (Å²) in [6.07, 6.45) is 3.43. The lowest BCUT2D eigenvalue weighted by molar-refractivity contribution is 0.415. The molecule has 2 heteroatoms. The van der Waals surface area contributed by atoms with Gasteiger partial charge in [-0.3, -0.25) is 0 Å². The minimum Gasteiger partial charge on any atom is -0.497 e. The highest BCUT2D eigenvalue weighted by atomic mass is 16.5. The first-order valence-corrected chi connectivity index (χ1v) is 10.2. The van der Waals surface area contributed by atoms with E-state index in [0.29, 0.717) is 0 Å². The van der Waals surface area contributed by atoms with Gasteiger partial charge in [-0.1, -0.05) is 30.3 Å². The molecule has 0 N–H and O–H groups in total. The van der Waals surface area contributed by atoms with Gasteiger partial charge < -0.3 is 4.74 Å². The number of aryl methyl sites for hydroxylation is 1. The Labute approximate surface area is 169 Å². The van der Waals surface area contributed by atoms with Crippen LogP contribution in [0.25, 0.3) is 43.7 Å². The summed E-state index contributed by atoms with van der Waals surface area (Å²) in [5, 5.41) is 6.55. The number of hydrogen-bond acceptors (Lipinski definition) is 2. The van der Waals surface area contributed by atoms with Crippen LogP contribution in [-0.4, -0.2) is 12.1 Å². The van der Waals surface area contributed by atoms with Gasteiger partial charge in [-0.15, -0.1) is 0 Å². The fourth-order valence-corrected chi connectivity index (χ4v) is 4.87. The van der Waals surface area contributed by atoms with Crippen LogP contribution in [0.4, 0.5) is 0 Å². The van der Waals surface area contributed by atoms with Gasteiger partial charge in [0.25, 0.3) is 0 Å². The van der Waals surface area contributed by atoms with Crippen molar-refractivity contribution in [2.24, 2.45) is 0 Å². The molecule has 1 aromatic heterocycles. The zero-order chi connectivity index (χ0) is 19.4. The second-order valence-electron chi connectivity index (χ2n) is 7.88. The molecule has 0 amide bonds. The first-order valence-electron chi connectivity index (χ1n) is 10.2. The average Bonchev–Trinajstić information content (AvgIpc) is 3.27. The van der Waals surface area contributed by atoms with Crippen LogP contribution in [0.3, 0.4) is 0 Å². The van der Waals surface area contributed by atoms with Crippen molar-refractivity contribution in [3.05, 3.63) is 83.9 Å². The summed E-state index contributed by atoms with van der Waals surface area (Å²) < 4.78 is 5.33. The van der Waals surface area contributed by atoms with Crippen LogP contribution >= 0.6 is 0 Å². The van der Waals surface area contributed by atoms with Crippen molar-refractivity contribution in [1.82, 2.24) is 4.98 Å². The Bertz CT molecular complexity index is 1400. The van der Waals surface area contributed by atoms with Crippen LogP contribution < -0.4 is 4.74 Å². The molecule has 0 fully saturated rings. The lowest BCUT2D eigenvalue weighted by atomic mass is 9.94. The first kappa shape index (κ1) is 16.6. The van der Waals surface area contributed by atoms with E-state index in [1.54, 1.807) is 7.11 Å². The summed E-state index contributed by atoms with van der Waals surface area (Å²) in [5.74, 6) is 0.879. The van der Waals surface area contributed by atoms with E-state index in [-0.39, 0.29) is 0 Å². The van der Waals surface area contributed by atoms with Crippen molar-refractivity contribution in [3.63, 3.8) is 0 Å². The van der Waals surface area contributed by atoms with Crippen molar-refractivity contribution in [3.8, 4) is 17.0 Å². The molecule has 0 spiro atoms. The van der Waals surface area contributed by atoms with Crippen LogP contribution in [0, 0.1) is 0 Å². The Morgan fingerprint density at radius 1 is 0.759 bits per heavy atom. The van der Waals surface area contributed by atoms with E-state index in [9.17, 15) is 0 Å². The maximum Gasteiger partial charge on any atom is 0.118 e. The number of pyridine rings is 1. The van der Waals surface area contributed by atoms with E-state index in [4.69, 9.17) is 9.72 Å². The number of benzene rings is 4. The first-order chi connectivity index (χ1) is 14.3. The highest BCUT2D eigenvalue weighted by Crippen LogP contribution is 2.40. The third-order valence-electron chi connectivity index (χ3n) is 6.27. The third-order valence-corrected chi connectivity index (χ3v) is 6.27. The zero-order valence-corrected chi connectivity index (χ0v) is 16.4. The van der Waals surface area contributed by atoms with Crippen molar-refractivity contribution >= 4 is 32.4 Å². The number of nitrogens with zero attached hydrogens (tertiary/aromatic N) is 1. The highest BCUT2D eigenvalue weighted by molar-refractivity contribution is 6.13. The molecule has 5 aromatic rings. The van der Waals surface area contributed by atoms with Crippen molar-refractivity contribution in [2.75, 3.05) is 7.11 Å². The van der Waals surface area contributed by atoms with E-state index in [0.717, 1.165) is 29.8 Å². The smallest absolute Gasteiger partial charge is 0.118 e. The Balaban J connectivity index is 1.67. The number of methoxy groups -OCH3 is 1. The molecule has 0 saturated carbocycles. The number of rotatable bonds is 2. The van der Waals surface area contributed by atoms with Gasteiger partial charge in [0, 0.05) is 10.9 Å². The summed E-state index contributed by atoms with van der Waals surface area (Å²) in [6, 6.07) is 26.0. The second-order valence-corrected chi connectivity index (χ2v) is 7.88. The fraction of sp³-hybridized carbons (Fsp3) is 0.148. The van der Waals surface area contributed by atoms with Crippen molar-refractivity contribution in [2.45, 2.75) is 19.3 Å². The largest absolute Gasteiger partial charge is 0.497 e. The molecule has 0 bridgehead atoms. The van der Waals surface area contributed by atoms with Crippen LogP contribution in [-0.2, 0) is 12.8 Å². The molecule has 1 aliphatic carbocycles. The predicted molar refractivity (Wildman–Crippen MR) is 121 cm³/mol. The maximum absolute atomic E-state index is 5.33. The van der Waals surface area contributed by atoms with Gasteiger partial charge in [-0.05, 0) is 94.4 Å². The normalized spacial score (nSPS) is 13.3. The van der Waals surface area contributed by atoms with Crippen LogP contribution in [0.5, 0.6) is 5.75 Å². The lowest BCUT2D eigenvalue weighted by Gasteiger charge is -2.14. The number of aromatic nitrogens is 1. The monoisotopic (exact) mass is 375 g/mol. The average molecular weight is 375 g/mol. The minimum atomic E-state index is 0.879. The van der Waals surface area contributed by atoms with E-state index in [1.807, 2.05) is 12.1 Å². The van der Waals surface area contributed by atoms with Crippen molar-refractivity contribution < 1.29 is 4.74 Å². The van der Waals surface area contributed by atoms with Gasteiger partial charge in [0.1, 0.15) is 5.75 Å². The number of ether oxygens (including phenoxy) is 1. The Hall–Kier alpha value is -3.39. The van der Waals surface area contributed by atoms with Gasteiger partial charge in [-0.25, -0.2) is 4.98 Å². The molecule has 0 saturated heterocycles. The summed E-state index contributed by atoms with van der Waals surface area (Å²) >= 11 is 0. The summed E-state index contributed by atoms with van der Waals surface area (Å²) in [6.45, 7) is 0. The topological polar surface area (TPSA) is 22.1 Å². The molecular weight excluding hydrogens is 354 g/mol. The van der Waals surface area contributed by atoms with Gasteiger partial charge in [0.05, 0.1) is 18.3 Å². The molecule has 0 atom stereocenters. The molecular formula is C27H21NO. The molecule has 2 nitrogen and oxygen atoms in total. The molecule has 29 heavy (non-hydrogen) atoms.